The summed E-state index contributed by atoms with van der Waals surface area (Å²) in [5, 5.41) is 0. The van der Waals surface area contributed by atoms with Gasteiger partial charge in [0.05, 0.1) is 13.2 Å². The molecule has 5 heteroatoms. The Hall–Kier alpha value is -3.34. The molecule has 33 heavy (non-hydrogen) atoms. The second-order valence-electron chi connectivity index (χ2n) is 8.24. The lowest BCUT2D eigenvalue weighted by atomic mass is 9.65. The zero-order valence-corrected chi connectivity index (χ0v) is 19.1. The molecule has 0 N–H and O–H groups in total. The van der Waals surface area contributed by atoms with Gasteiger partial charge < -0.3 is 14.2 Å². The summed E-state index contributed by atoms with van der Waals surface area (Å²) >= 11 is 0. The van der Waals surface area contributed by atoms with E-state index in [1.807, 2.05) is 24.3 Å². The molecule has 5 nitrogen and oxygen atoms in total. The molecule has 0 aliphatic heterocycles. The molecule has 1 aliphatic rings. The topological polar surface area (TPSA) is 61.8 Å². The number of ether oxygens (including phenoxy) is 3. The number of benzene rings is 2. The fourth-order valence-electron chi connectivity index (χ4n) is 4.40. The Morgan fingerprint density at radius 3 is 1.88 bits per heavy atom. The largest absolute Gasteiger partial charge is 0.494 e. The Kier molecular flexibility index (Phi) is 8.87. The first-order chi connectivity index (χ1) is 16.1. The molecular formula is C28H32O5. The van der Waals surface area contributed by atoms with Crippen molar-refractivity contribution in [2.75, 3.05) is 13.2 Å². The number of carbonyl (C=O) groups excluding carboxylic acids is 2. The maximum Gasteiger partial charge on any atom is 0.335 e. The lowest BCUT2D eigenvalue weighted by Gasteiger charge is -2.38. The molecule has 3 rings (SSSR count). The molecular weight excluding hydrogens is 416 g/mol. The number of unbranched alkanes of at least 4 members (excludes halogenated alkanes) is 1. The van der Waals surface area contributed by atoms with E-state index in [1.165, 1.54) is 36.5 Å². The predicted octanol–water partition coefficient (Wildman–Crippen LogP) is 5.92. The summed E-state index contributed by atoms with van der Waals surface area (Å²) in [6.07, 6.45) is 9.67. The van der Waals surface area contributed by atoms with E-state index in [2.05, 4.69) is 37.4 Å². The molecule has 0 atom stereocenters. The van der Waals surface area contributed by atoms with Crippen molar-refractivity contribution in [3.05, 3.63) is 85.0 Å². The zero-order valence-electron chi connectivity index (χ0n) is 19.1. The minimum atomic E-state index is -0.455. The highest BCUT2D eigenvalue weighted by Gasteiger charge is 2.35. The third-order valence-electron chi connectivity index (χ3n) is 6.12. The fraction of sp³-hybridized carbons (Fsp3) is 0.357. The summed E-state index contributed by atoms with van der Waals surface area (Å²) in [5.74, 6) is 0.510. The second kappa shape index (κ2) is 12.0. The van der Waals surface area contributed by atoms with Crippen LogP contribution in [0.1, 0.15) is 56.1 Å². The number of hydrogen-bond acceptors (Lipinski definition) is 5. The summed E-state index contributed by atoms with van der Waals surface area (Å²) < 4.78 is 16.1. The van der Waals surface area contributed by atoms with Gasteiger partial charge >= 0.3 is 11.9 Å². The van der Waals surface area contributed by atoms with Gasteiger partial charge in [0.2, 0.25) is 0 Å². The standard InChI is InChI=1S/C28H32O5/c1-3-26(29)32-21-9-8-20-31-24-14-10-22(11-15-24)28(18-6-5-7-19-28)23-12-16-25(17-13-23)33-27(30)4-2/h3-4,10-17H,1-2,5-9,18-21H2. The van der Waals surface area contributed by atoms with Crippen LogP contribution in [0.25, 0.3) is 0 Å². The molecule has 1 saturated carbocycles. The van der Waals surface area contributed by atoms with Crippen LogP contribution in [0.5, 0.6) is 11.5 Å². The quantitative estimate of drug-likeness (QED) is 0.185. The van der Waals surface area contributed by atoms with Gasteiger partial charge in [-0.3, -0.25) is 0 Å². The molecule has 0 saturated heterocycles. The van der Waals surface area contributed by atoms with Gasteiger partial charge in [0.15, 0.2) is 0 Å². The third-order valence-corrected chi connectivity index (χ3v) is 6.12. The lowest BCUT2D eigenvalue weighted by Crippen LogP contribution is -2.30. The minimum Gasteiger partial charge on any atom is -0.494 e. The minimum absolute atomic E-state index is 0.0488. The Balaban J connectivity index is 1.64. The molecule has 174 valence electrons. The van der Waals surface area contributed by atoms with E-state index in [9.17, 15) is 9.59 Å². The molecule has 0 aromatic heterocycles. The Morgan fingerprint density at radius 1 is 0.758 bits per heavy atom. The van der Waals surface area contributed by atoms with Crippen LogP contribution >= 0.6 is 0 Å². The van der Waals surface area contributed by atoms with Crippen LogP contribution in [0.4, 0.5) is 0 Å². The van der Waals surface area contributed by atoms with E-state index in [0.717, 1.165) is 37.5 Å². The molecule has 2 aromatic rings. The van der Waals surface area contributed by atoms with E-state index >= 15 is 0 Å². The Labute approximate surface area is 196 Å². The van der Waals surface area contributed by atoms with Crippen molar-refractivity contribution >= 4 is 11.9 Å². The van der Waals surface area contributed by atoms with Gasteiger partial charge in [0, 0.05) is 17.6 Å². The SMILES string of the molecule is C=CC(=O)OCCCCOc1ccc(C2(c3ccc(OC(=O)C=C)cc3)CCCCC2)cc1. The zero-order chi connectivity index (χ0) is 23.5. The van der Waals surface area contributed by atoms with E-state index in [0.29, 0.717) is 19.0 Å². The van der Waals surface area contributed by atoms with Crippen LogP contribution in [0.15, 0.2) is 73.8 Å². The third kappa shape index (κ3) is 6.58. The van der Waals surface area contributed by atoms with E-state index in [4.69, 9.17) is 14.2 Å². The van der Waals surface area contributed by atoms with Crippen LogP contribution in [0.3, 0.4) is 0 Å². The van der Waals surface area contributed by atoms with Crippen molar-refractivity contribution in [3.63, 3.8) is 0 Å². The van der Waals surface area contributed by atoms with Gasteiger partial charge in [-0.25, -0.2) is 9.59 Å². The molecule has 0 unspecified atom stereocenters. The van der Waals surface area contributed by atoms with Crippen molar-refractivity contribution in [2.24, 2.45) is 0 Å². The number of esters is 2. The predicted molar refractivity (Wildman–Crippen MR) is 128 cm³/mol. The normalized spacial score (nSPS) is 14.7. The summed E-state index contributed by atoms with van der Waals surface area (Å²) in [6.45, 7) is 7.76. The lowest BCUT2D eigenvalue weighted by molar-refractivity contribution is -0.137. The van der Waals surface area contributed by atoms with Gasteiger partial charge in [-0.2, -0.15) is 0 Å². The molecule has 0 bridgehead atoms. The van der Waals surface area contributed by atoms with E-state index < -0.39 is 11.9 Å². The second-order valence-corrected chi connectivity index (χ2v) is 8.24. The van der Waals surface area contributed by atoms with Crippen molar-refractivity contribution in [3.8, 4) is 11.5 Å². The average molecular weight is 449 g/mol. The summed E-state index contributed by atoms with van der Waals surface area (Å²) in [4.78, 5) is 22.5. The summed E-state index contributed by atoms with van der Waals surface area (Å²) in [6, 6.07) is 16.2. The Bertz CT molecular complexity index is 937. The van der Waals surface area contributed by atoms with Crippen molar-refractivity contribution in [1.29, 1.82) is 0 Å². The summed E-state index contributed by atoms with van der Waals surface area (Å²) in [5.41, 5.74) is 2.47. The molecule has 0 radical (unpaired) electrons. The molecule has 0 spiro atoms. The van der Waals surface area contributed by atoms with Crippen LogP contribution in [0, 0.1) is 0 Å². The number of carbonyl (C=O) groups is 2. The highest BCUT2D eigenvalue weighted by molar-refractivity contribution is 5.83. The van der Waals surface area contributed by atoms with Gasteiger partial charge in [0.1, 0.15) is 11.5 Å². The van der Waals surface area contributed by atoms with Gasteiger partial charge in [0.25, 0.3) is 0 Å². The summed E-state index contributed by atoms with van der Waals surface area (Å²) in [7, 11) is 0. The maximum atomic E-state index is 11.5. The van der Waals surface area contributed by atoms with Gasteiger partial charge in [-0.05, 0) is 61.1 Å². The highest BCUT2D eigenvalue weighted by atomic mass is 16.5. The molecule has 1 aliphatic carbocycles. The van der Waals surface area contributed by atoms with Crippen molar-refractivity contribution in [2.45, 2.75) is 50.4 Å². The van der Waals surface area contributed by atoms with Crippen LogP contribution in [-0.2, 0) is 19.7 Å². The van der Waals surface area contributed by atoms with Crippen LogP contribution < -0.4 is 9.47 Å². The first-order valence-electron chi connectivity index (χ1n) is 11.5. The highest BCUT2D eigenvalue weighted by Crippen LogP contribution is 2.45. The monoisotopic (exact) mass is 448 g/mol. The molecule has 0 amide bonds. The molecule has 1 fully saturated rings. The van der Waals surface area contributed by atoms with Crippen molar-refractivity contribution in [1.82, 2.24) is 0 Å². The molecule has 2 aromatic carbocycles. The van der Waals surface area contributed by atoms with E-state index in [1.54, 1.807) is 0 Å². The first kappa shape index (κ1) is 24.3. The molecule has 0 heterocycles. The number of hydrogen-bond donors (Lipinski definition) is 0. The van der Waals surface area contributed by atoms with Crippen molar-refractivity contribution < 1.29 is 23.8 Å². The Morgan fingerprint density at radius 2 is 1.30 bits per heavy atom. The van der Waals surface area contributed by atoms with Crippen LogP contribution in [0.2, 0.25) is 0 Å². The number of rotatable bonds is 11. The first-order valence-corrected chi connectivity index (χ1v) is 11.5. The van der Waals surface area contributed by atoms with E-state index in [-0.39, 0.29) is 5.41 Å². The van der Waals surface area contributed by atoms with Gasteiger partial charge in [-0.15, -0.1) is 0 Å². The smallest absolute Gasteiger partial charge is 0.335 e. The maximum absolute atomic E-state index is 11.5. The van der Waals surface area contributed by atoms with Gasteiger partial charge in [-0.1, -0.05) is 56.7 Å². The fourth-order valence-corrected chi connectivity index (χ4v) is 4.40. The van der Waals surface area contributed by atoms with Crippen LogP contribution in [-0.4, -0.2) is 25.2 Å². The average Bonchev–Trinajstić information content (AvgIpc) is 2.87.